The Hall–Kier alpha value is -4.19. The van der Waals surface area contributed by atoms with Gasteiger partial charge in [-0.3, -0.25) is 5.10 Å². The van der Waals surface area contributed by atoms with Crippen LogP contribution in [0.3, 0.4) is 0 Å². The number of alkyl halides is 1. The lowest BCUT2D eigenvalue weighted by atomic mass is 10.0. The lowest BCUT2D eigenvalue weighted by molar-refractivity contribution is 0.0555. The number of fused-ring (bicyclic) bond motifs is 1. The Labute approximate surface area is 218 Å². The number of methoxy groups -OCH3 is 1. The quantitative estimate of drug-likeness (QED) is 0.271. The zero-order valence-corrected chi connectivity index (χ0v) is 21.3. The molecule has 0 bridgehead atoms. The summed E-state index contributed by atoms with van der Waals surface area (Å²) < 4.78 is 27.5. The highest BCUT2D eigenvalue weighted by Gasteiger charge is 2.41. The summed E-state index contributed by atoms with van der Waals surface area (Å²) in [6.45, 7) is 3.41. The maximum Gasteiger partial charge on any atom is 0.407 e. The summed E-state index contributed by atoms with van der Waals surface area (Å²) in [5.74, 6) is 1.11. The molecule has 0 unspecified atom stereocenters. The van der Waals surface area contributed by atoms with Crippen LogP contribution in [0.5, 0.6) is 5.75 Å². The number of halogens is 1. The molecule has 38 heavy (non-hydrogen) atoms. The number of rotatable bonds is 8. The summed E-state index contributed by atoms with van der Waals surface area (Å²) >= 11 is 0. The average molecular weight is 524 g/mol. The summed E-state index contributed by atoms with van der Waals surface area (Å²) in [4.78, 5) is 16.7. The van der Waals surface area contributed by atoms with Gasteiger partial charge in [-0.05, 0) is 44.9 Å². The SMILES string of the molecule is COc1cccc(-c2cn3nc(CO)cc3c(Nc3cc([C@H]4CC[C@@H](OC(=O)NC(C)C)[C@@H]4F)[nH]n3)n2)c1. The molecule has 200 valence electrons. The number of aromatic nitrogens is 5. The van der Waals surface area contributed by atoms with Gasteiger partial charge in [0, 0.05) is 29.3 Å². The Kier molecular flexibility index (Phi) is 7.14. The maximum absolute atomic E-state index is 15.2. The molecule has 0 radical (unpaired) electrons. The molecular weight excluding hydrogens is 493 g/mol. The number of nitrogens with one attached hydrogen (secondary N) is 3. The van der Waals surface area contributed by atoms with Gasteiger partial charge in [-0.25, -0.2) is 18.7 Å². The van der Waals surface area contributed by atoms with E-state index in [9.17, 15) is 9.90 Å². The second kappa shape index (κ2) is 10.7. The number of anilines is 2. The number of benzene rings is 1. The monoisotopic (exact) mass is 523 g/mol. The molecule has 1 fully saturated rings. The first-order valence-electron chi connectivity index (χ1n) is 12.4. The number of aliphatic hydroxyl groups is 1. The molecule has 1 saturated carbocycles. The van der Waals surface area contributed by atoms with Crippen LogP contribution < -0.4 is 15.4 Å². The molecular formula is C26H30FN7O4. The van der Waals surface area contributed by atoms with Crippen LogP contribution >= 0.6 is 0 Å². The second-order valence-electron chi connectivity index (χ2n) is 9.53. The van der Waals surface area contributed by atoms with Crippen molar-refractivity contribution in [3.8, 4) is 17.0 Å². The number of carbonyl (C=O) groups is 1. The minimum Gasteiger partial charge on any atom is -0.497 e. The molecule has 5 rings (SSSR count). The summed E-state index contributed by atoms with van der Waals surface area (Å²) in [6, 6.07) is 10.9. The lowest BCUT2D eigenvalue weighted by Crippen LogP contribution is -2.36. The number of aliphatic hydroxyl groups excluding tert-OH is 1. The van der Waals surface area contributed by atoms with Gasteiger partial charge in [0.1, 0.15) is 23.5 Å². The zero-order valence-electron chi connectivity index (χ0n) is 21.3. The van der Waals surface area contributed by atoms with E-state index >= 15 is 4.39 Å². The largest absolute Gasteiger partial charge is 0.497 e. The predicted molar refractivity (Wildman–Crippen MR) is 138 cm³/mol. The molecule has 3 aromatic heterocycles. The van der Waals surface area contributed by atoms with E-state index in [4.69, 9.17) is 14.5 Å². The second-order valence-corrected chi connectivity index (χ2v) is 9.53. The van der Waals surface area contributed by atoms with Crippen LogP contribution in [0.1, 0.15) is 44.0 Å². The first-order valence-corrected chi connectivity index (χ1v) is 12.4. The van der Waals surface area contributed by atoms with Crippen molar-refractivity contribution in [1.29, 1.82) is 0 Å². The van der Waals surface area contributed by atoms with Crippen molar-refractivity contribution in [3.63, 3.8) is 0 Å². The molecule has 0 aliphatic heterocycles. The van der Waals surface area contributed by atoms with Crippen molar-refractivity contribution in [2.75, 3.05) is 12.4 Å². The van der Waals surface area contributed by atoms with E-state index in [0.717, 1.165) is 5.56 Å². The number of carbonyl (C=O) groups excluding carboxylic acids is 1. The van der Waals surface area contributed by atoms with Crippen molar-refractivity contribution in [1.82, 2.24) is 30.1 Å². The van der Waals surface area contributed by atoms with Crippen molar-refractivity contribution in [2.24, 2.45) is 0 Å². The highest BCUT2D eigenvalue weighted by Crippen LogP contribution is 2.39. The summed E-state index contributed by atoms with van der Waals surface area (Å²) in [7, 11) is 1.60. The number of nitrogens with zero attached hydrogens (tertiary/aromatic N) is 4. The first kappa shape index (κ1) is 25.5. The number of hydrogen-bond donors (Lipinski definition) is 4. The van der Waals surface area contributed by atoms with Gasteiger partial charge < -0.3 is 25.2 Å². The molecule has 0 saturated heterocycles. The molecule has 1 aliphatic carbocycles. The number of amides is 1. The molecule has 1 aromatic carbocycles. The van der Waals surface area contributed by atoms with Crippen LogP contribution in [0.25, 0.3) is 16.8 Å². The smallest absolute Gasteiger partial charge is 0.407 e. The molecule has 11 nitrogen and oxygen atoms in total. The van der Waals surface area contributed by atoms with Gasteiger partial charge in [0.25, 0.3) is 0 Å². The predicted octanol–water partition coefficient (Wildman–Crippen LogP) is 4.08. The average Bonchev–Trinajstić information content (AvgIpc) is 3.62. The fourth-order valence-corrected chi connectivity index (χ4v) is 4.62. The highest BCUT2D eigenvalue weighted by atomic mass is 19.1. The van der Waals surface area contributed by atoms with Crippen LogP contribution in [-0.2, 0) is 11.3 Å². The van der Waals surface area contributed by atoms with Crippen LogP contribution in [0.4, 0.5) is 20.8 Å². The molecule has 0 spiro atoms. The fraction of sp³-hybridized carbons (Fsp3) is 0.385. The van der Waals surface area contributed by atoms with Crippen molar-refractivity contribution in [2.45, 2.75) is 57.5 Å². The Morgan fingerprint density at radius 2 is 2.13 bits per heavy atom. The normalized spacial score (nSPS) is 19.2. The number of hydrogen-bond acceptors (Lipinski definition) is 8. The van der Waals surface area contributed by atoms with Gasteiger partial charge in [0.15, 0.2) is 11.6 Å². The van der Waals surface area contributed by atoms with Gasteiger partial charge in [-0.1, -0.05) is 12.1 Å². The Morgan fingerprint density at radius 3 is 2.89 bits per heavy atom. The van der Waals surface area contributed by atoms with Crippen LogP contribution in [0.2, 0.25) is 0 Å². The van der Waals surface area contributed by atoms with Gasteiger partial charge in [-0.2, -0.15) is 10.2 Å². The summed E-state index contributed by atoms with van der Waals surface area (Å²) in [5, 5.41) is 27.1. The summed E-state index contributed by atoms with van der Waals surface area (Å²) in [6.07, 6.45) is -0.0871. The van der Waals surface area contributed by atoms with E-state index in [1.165, 1.54) is 0 Å². The van der Waals surface area contributed by atoms with Gasteiger partial charge in [0.2, 0.25) is 0 Å². The standard InChI is InChI=1S/C26H30FN7O4/c1-14(2)28-26(36)38-22-8-7-18(24(22)27)19-11-23(32-31-19)30-25-21-10-16(13-35)33-34(21)12-20(29-25)15-5-4-6-17(9-15)37-3/h4-6,9-12,14,18,22,24,35H,7-8,13H2,1-3H3,(H,28,36)(H2,29,30,31,32)/t18-,22-,24-/m1/s1. The Balaban J connectivity index is 1.39. The zero-order chi connectivity index (χ0) is 26.8. The summed E-state index contributed by atoms with van der Waals surface area (Å²) in [5.41, 5.74) is 3.16. The van der Waals surface area contributed by atoms with Gasteiger partial charge in [-0.15, -0.1) is 0 Å². The van der Waals surface area contributed by atoms with Crippen LogP contribution in [0, 0.1) is 0 Å². The molecule has 4 N–H and O–H groups in total. The van der Waals surface area contributed by atoms with E-state index < -0.39 is 24.3 Å². The minimum atomic E-state index is -1.36. The first-order chi connectivity index (χ1) is 18.3. The minimum absolute atomic E-state index is 0.0919. The topological polar surface area (TPSA) is 139 Å². The number of ether oxygens (including phenoxy) is 2. The van der Waals surface area contributed by atoms with Crippen molar-refractivity contribution < 1.29 is 23.8 Å². The number of aromatic amines is 1. The Morgan fingerprint density at radius 1 is 1.29 bits per heavy atom. The van der Waals surface area contributed by atoms with E-state index in [2.05, 4.69) is 25.9 Å². The van der Waals surface area contributed by atoms with E-state index in [1.807, 2.05) is 38.1 Å². The van der Waals surface area contributed by atoms with Crippen LogP contribution in [-0.4, -0.2) is 61.4 Å². The highest BCUT2D eigenvalue weighted by molar-refractivity contribution is 5.76. The number of alkyl carbamates (subject to hydrolysis) is 1. The third kappa shape index (κ3) is 5.25. The van der Waals surface area contributed by atoms with E-state index in [0.29, 0.717) is 52.8 Å². The van der Waals surface area contributed by atoms with Crippen LogP contribution in [0.15, 0.2) is 42.6 Å². The van der Waals surface area contributed by atoms with E-state index in [1.54, 1.807) is 30.0 Å². The molecule has 4 aromatic rings. The number of H-pyrrole nitrogens is 1. The van der Waals surface area contributed by atoms with Gasteiger partial charge in [0.05, 0.1) is 31.3 Å². The Bertz CT molecular complexity index is 1440. The maximum atomic E-state index is 15.2. The molecule has 3 atom stereocenters. The fourth-order valence-electron chi connectivity index (χ4n) is 4.62. The molecule has 3 heterocycles. The molecule has 1 amide bonds. The van der Waals surface area contributed by atoms with Crippen molar-refractivity contribution >= 4 is 23.2 Å². The van der Waals surface area contributed by atoms with Crippen molar-refractivity contribution in [3.05, 3.63) is 54.0 Å². The third-order valence-corrected chi connectivity index (χ3v) is 6.44. The molecule has 1 aliphatic rings. The van der Waals surface area contributed by atoms with E-state index in [-0.39, 0.29) is 12.6 Å². The van der Waals surface area contributed by atoms with Gasteiger partial charge >= 0.3 is 6.09 Å². The third-order valence-electron chi connectivity index (χ3n) is 6.44. The lowest BCUT2D eigenvalue weighted by Gasteiger charge is -2.18. The molecule has 12 heteroatoms.